The van der Waals surface area contributed by atoms with Crippen molar-refractivity contribution < 1.29 is 18.0 Å². The number of anilines is 1. The number of aryl methyl sites for hydroxylation is 1. The van der Waals surface area contributed by atoms with Crippen molar-refractivity contribution in [3.05, 3.63) is 65.7 Å². The van der Waals surface area contributed by atoms with E-state index in [0.717, 1.165) is 11.1 Å². The number of amides is 2. The van der Waals surface area contributed by atoms with Crippen LogP contribution in [0.2, 0.25) is 0 Å². The molecule has 0 aliphatic carbocycles. The number of carbonyl (C=O) groups is 2. The Balaban J connectivity index is 2.14. The molecule has 186 valence electrons. The number of para-hydroxylation sites is 1. The van der Waals surface area contributed by atoms with E-state index in [0.29, 0.717) is 31.1 Å². The molecule has 2 aromatic rings. The van der Waals surface area contributed by atoms with Crippen LogP contribution in [0, 0.1) is 12.8 Å². The number of hydrogen-bond acceptors (Lipinski definition) is 4. The molecule has 0 saturated heterocycles. The van der Waals surface area contributed by atoms with Gasteiger partial charge in [-0.05, 0) is 43.4 Å². The van der Waals surface area contributed by atoms with Crippen LogP contribution in [0.1, 0.15) is 44.7 Å². The summed E-state index contributed by atoms with van der Waals surface area (Å²) in [6.07, 6.45) is 1.64. The maximum Gasteiger partial charge on any atom is 0.242 e. The van der Waals surface area contributed by atoms with Gasteiger partial charge in [-0.3, -0.25) is 13.9 Å². The van der Waals surface area contributed by atoms with E-state index in [2.05, 4.69) is 5.32 Å². The standard InChI is InChI=1S/C26H37N3O4S/c1-20(2)18-27-26(31)22(4)28(19-23-13-7-6-8-14-23)25(30)16-11-17-29(34(5,32)33)24-15-10-9-12-21(24)3/h6-10,12-15,20,22H,11,16-19H2,1-5H3,(H,27,31). The lowest BCUT2D eigenvalue weighted by Crippen LogP contribution is -2.48. The van der Waals surface area contributed by atoms with Crippen LogP contribution in [0.5, 0.6) is 0 Å². The average Bonchev–Trinajstić information content (AvgIpc) is 2.78. The minimum atomic E-state index is -3.51. The summed E-state index contributed by atoms with van der Waals surface area (Å²) in [5.74, 6) is -0.0808. The summed E-state index contributed by atoms with van der Waals surface area (Å²) in [7, 11) is -3.51. The Labute approximate surface area is 204 Å². The zero-order chi connectivity index (χ0) is 25.3. The summed E-state index contributed by atoms with van der Waals surface area (Å²) in [6.45, 7) is 8.65. The lowest BCUT2D eigenvalue weighted by Gasteiger charge is -2.30. The molecule has 8 heteroatoms. The van der Waals surface area contributed by atoms with Gasteiger partial charge in [0.2, 0.25) is 21.8 Å². The van der Waals surface area contributed by atoms with Gasteiger partial charge in [-0.15, -0.1) is 0 Å². The number of nitrogens with zero attached hydrogens (tertiary/aromatic N) is 2. The molecule has 1 N–H and O–H groups in total. The van der Waals surface area contributed by atoms with E-state index in [1.54, 1.807) is 24.0 Å². The summed E-state index contributed by atoms with van der Waals surface area (Å²) in [5, 5.41) is 2.90. The van der Waals surface area contributed by atoms with Crippen LogP contribution in [0.15, 0.2) is 54.6 Å². The second-order valence-electron chi connectivity index (χ2n) is 9.05. The molecular weight excluding hydrogens is 450 g/mol. The van der Waals surface area contributed by atoms with Gasteiger partial charge in [-0.2, -0.15) is 0 Å². The molecule has 7 nitrogen and oxygen atoms in total. The fourth-order valence-corrected chi connectivity index (χ4v) is 4.66. The van der Waals surface area contributed by atoms with Gasteiger partial charge in [0.1, 0.15) is 6.04 Å². The van der Waals surface area contributed by atoms with Crippen molar-refractivity contribution in [2.24, 2.45) is 5.92 Å². The molecule has 34 heavy (non-hydrogen) atoms. The third-order valence-corrected chi connectivity index (χ3v) is 6.76. The summed E-state index contributed by atoms with van der Waals surface area (Å²) < 4.78 is 26.2. The molecule has 2 aromatic carbocycles. The van der Waals surface area contributed by atoms with Crippen molar-refractivity contribution >= 4 is 27.5 Å². The molecule has 0 spiro atoms. The van der Waals surface area contributed by atoms with Gasteiger partial charge in [0.05, 0.1) is 11.9 Å². The highest BCUT2D eigenvalue weighted by Gasteiger charge is 2.26. The Morgan fingerprint density at radius 3 is 2.18 bits per heavy atom. The highest BCUT2D eigenvalue weighted by Crippen LogP contribution is 2.23. The Hall–Kier alpha value is -2.87. The maximum absolute atomic E-state index is 13.2. The van der Waals surface area contributed by atoms with E-state index < -0.39 is 16.1 Å². The van der Waals surface area contributed by atoms with Crippen LogP contribution in [0.3, 0.4) is 0 Å². The summed E-state index contributed by atoms with van der Waals surface area (Å²) >= 11 is 0. The molecule has 2 rings (SSSR count). The molecule has 0 aliphatic rings. The van der Waals surface area contributed by atoms with Crippen molar-refractivity contribution in [3.63, 3.8) is 0 Å². The minimum absolute atomic E-state index is 0.131. The van der Waals surface area contributed by atoms with Gasteiger partial charge < -0.3 is 10.2 Å². The quantitative estimate of drug-likeness (QED) is 0.494. The first-order valence-electron chi connectivity index (χ1n) is 11.6. The lowest BCUT2D eigenvalue weighted by atomic mass is 10.1. The Morgan fingerprint density at radius 1 is 0.971 bits per heavy atom. The number of carbonyl (C=O) groups excluding carboxylic acids is 2. The molecule has 2 amide bonds. The number of rotatable bonds is 12. The predicted octanol–water partition coefficient (Wildman–Crippen LogP) is 3.73. The number of hydrogen-bond donors (Lipinski definition) is 1. The molecule has 1 atom stereocenters. The van der Waals surface area contributed by atoms with Gasteiger partial charge >= 0.3 is 0 Å². The van der Waals surface area contributed by atoms with Crippen LogP contribution in [0.4, 0.5) is 5.69 Å². The average molecular weight is 488 g/mol. The summed E-state index contributed by atoms with van der Waals surface area (Å²) in [4.78, 5) is 27.5. The normalized spacial score (nSPS) is 12.3. The second-order valence-corrected chi connectivity index (χ2v) is 11.0. The summed E-state index contributed by atoms with van der Waals surface area (Å²) in [5.41, 5.74) is 2.39. The maximum atomic E-state index is 13.2. The van der Waals surface area contributed by atoms with E-state index >= 15 is 0 Å². The van der Waals surface area contributed by atoms with E-state index in [-0.39, 0.29) is 24.8 Å². The first-order chi connectivity index (χ1) is 16.0. The van der Waals surface area contributed by atoms with Crippen molar-refractivity contribution in [1.82, 2.24) is 10.2 Å². The number of nitrogens with one attached hydrogen (secondary N) is 1. The van der Waals surface area contributed by atoms with Crippen LogP contribution in [-0.4, -0.2) is 50.5 Å². The molecule has 0 heterocycles. The van der Waals surface area contributed by atoms with E-state index in [1.807, 2.05) is 63.2 Å². The third kappa shape index (κ3) is 8.17. The Morgan fingerprint density at radius 2 is 1.59 bits per heavy atom. The molecular formula is C26H37N3O4S. The first kappa shape index (κ1) is 27.4. The topological polar surface area (TPSA) is 86.8 Å². The van der Waals surface area contributed by atoms with Crippen LogP contribution >= 0.6 is 0 Å². The fourth-order valence-electron chi connectivity index (χ4n) is 3.64. The van der Waals surface area contributed by atoms with Gasteiger partial charge in [-0.25, -0.2) is 8.42 Å². The van der Waals surface area contributed by atoms with Crippen LogP contribution in [0.25, 0.3) is 0 Å². The fraction of sp³-hybridized carbons (Fsp3) is 0.462. The largest absolute Gasteiger partial charge is 0.354 e. The Bertz CT molecular complexity index is 1050. The highest BCUT2D eigenvalue weighted by molar-refractivity contribution is 7.92. The van der Waals surface area contributed by atoms with Crippen LogP contribution in [-0.2, 0) is 26.2 Å². The predicted molar refractivity (Wildman–Crippen MR) is 137 cm³/mol. The second kappa shape index (κ2) is 12.6. The van der Waals surface area contributed by atoms with Gasteiger partial charge in [0.25, 0.3) is 0 Å². The minimum Gasteiger partial charge on any atom is -0.354 e. The molecule has 0 saturated carbocycles. The smallest absolute Gasteiger partial charge is 0.242 e. The summed E-state index contributed by atoms with van der Waals surface area (Å²) in [6, 6.07) is 16.2. The van der Waals surface area contributed by atoms with E-state index in [4.69, 9.17) is 0 Å². The molecule has 1 unspecified atom stereocenters. The lowest BCUT2D eigenvalue weighted by molar-refractivity contribution is -0.140. The molecule has 0 aromatic heterocycles. The van der Waals surface area contributed by atoms with Crippen molar-refractivity contribution in [1.29, 1.82) is 0 Å². The molecule has 0 aliphatic heterocycles. The van der Waals surface area contributed by atoms with E-state index in [9.17, 15) is 18.0 Å². The number of benzene rings is 2. The zero-order valence-corrected chi connectivity index (χ0v) is 21.6. The molecule has 0 bridgehead atoms. The van der Waals surface area contributed by atoms with E-state index in [1.165, 1.54) is 10.6 Å². The van der Waals surface area contributed by atoms with Gasteiger partial charge in [0.15, 0.2) is 0 Å². The van der Waals surface area contributed by atoms with Gasteiger partial charge in [-0.1, -0.05) is 62.4 Å². The van der Waals surface area contributed by atoms with Gasteiger partial charge in [0, 0.05) is 26.1 Å². The Kier molecular flexibility index (Phi) is 10.1. The molecule has 0 radical (unpaired) electrons. The molecule has 0 fully saturated rings. The van der Waals surface area contributed by atoms with Crippen molar-refractivity contribution in [3.8, 4) is 0 Å². The number of sulfonamides is 1. The SMILES string of the molecule is Cc1ccccc1N(CCCC(=O)N(Cc1ccccc1)C(C)C(=O)NCC(C)C)S(C)(=O)=O. The zero-order valence-electron chi connectivity index (χ0n) is 20.8. The first-order valence-corrected chi connectivity index (χ1v) is 13.5. The van der Waals surface area contributed by atoms with Crippen molar-refractivity contribution in [2.75, 3.05) is 23.7 Å². The van der Waals surface area contributed by atoms with Crippen LogP contribution < -0.4 is 9.62 Å². The highest BCUT2D eigenvalue weighted by atomic mass is 32.2. The van der Waals surface area contributed by atoms with Crippen molar-refractivity contribution in [2.45, 2.75) is 53.1 Å². The third-order valence-electron chi connectivity index (χ3n) is 5.58. The monoisotopic (exact) mass is 487 g/mol.